The van der Waals surface area contributed by atoms with Crippen LogP contribution >= 0.6 is 11.8 Å². The molecule has 0 saturated carbocycles. The van der Waals surface area contributed by atoms with Gasteiger partial charge in [0.2, 0.25) is 0 Å². The van der Waals surface area contributed by atoms with E-state index < -0.39 is 5.54 Å². The first-order valence-electron chi connectivity index (χ1n) is 7.02. The third-order valence-electron chi connectivity index (χ3n) is 3.05. The fraction of sp³-hybridized carbons (Fsp3) is 0.467. The van der Waals surface area contributed by atoms with Gasteiger partial charge in [-0.3, -0.25) is 5.32 Å². The number of H-pyrrole nitrogens is 1. The van der Waals surface area contributed by atoms with Crippen molar-refractivity contribution in [3.63, 3.8) is 0 Å². The van der Waals surface area contributed by atoms with E-state index in [0.29, 0.717) is 12.4 Å². The van der Waals surface area contributed by atoms with E-state index in [-0.39, 0.29) is 0 Å². The lowest BCUT2D eigenvalue weighted by atomic mass is 10.1. The molecule has 1 atom stereocenters. The quantitative estimate of drug-likeness (QED) is 0.769. The van der Waals surface area contributed by atoms with Gasteiger partial charge < -0.3 is 9.72 Å². The molecule has 0 fully saturated rings. The van der Waals surface area contributed by atoms with Gasteiger partial charge in [0, 0.05) is 11.8 Å². The molecule has 0 bridgehead atoms. The molecular formula is C15H20N4OS. The van der Waals surface area contributed by atoms with Crippen LogP contribution < -0.4 is 10.1 Å². The zero-order valence-corrected chi connectivity index (χ0v) is 13.4. The Hall–Kier alpha value is -1.71. The predicted octanol–water partition coefficient (Wildman–Crippen LogP) is 2.95. The van der Waals surface area contributed by atoms with Crippen molar-refractivity contribution in [2.45, 2.75) is 31.5 Å². The number of nitriles is 1. The highest BCUT2D eigenvalue weighted by atomic mass is 32.2. The van der Waals surface area contributed by atoms with E-state index in [9.17, 15) is 5.26 Å². The van der Waals surface area contributed by atoms with Gasteiger partial charge in [0.1, 0.15) is 11.3 Å². The number of rotatable bonds is 7. The van der Waals surface area contributed by atoms with Gasteiger partial charge in [-0.05, 0) is 32.5 Å². The largest absolute Gasteiger partial charge is 0.494 e. The number of benzene rings is 1. The van der Waals surface area contributed by atoms with Crippen LogP contribution in [0, 0.1) is 11.3 Å². The molecule has 5 nitrogen and oxygen atoms in total. The number of fused-ring (bicyclic) bond motifs is 1. The monoisotopic (exact) mass is 304 g/mol. The molecule has 0 aliphatic rings. The van der Waals surface area contributed by atoms with Gasteiger partial charge in [-0.15, -0.1) is 0 Å². The van der Waals surface area contributed by atoms with Crippen LogP contribution in [0.25, 0.3) is 11.0 Å². The predicted molar refractivity (Wildman–Crippen MR) is 85.7 cm³/mol. The number of nitrogens with one attached hydrogen (secondary N) is 2. The standard InChI is InChI=1S/C15H20N4OS/c1-4-17-15(3,9-16)10-21-14-18-12-7-6-11(20-5-2)8-13(12)19-14/h6-8,17H,4-5,10H2,1-3H3,(H,18,19). The minimum Gasteiger partial charge on any atom is -0.494 e. The second kappa shape index (κ2) is 6.83. The maximum Gasteiger partial charge on any atom is 0.166 e. The van der Waals surface area contributed by atoms with Crippen LogP contribution in [-0.4, -0.2) is 34.4 Å². The summed E-state index contributed by atoms with van der Waals surface area (Å²) in [4.78, 5) is 7.79. The number of imidazole rings is 1. The number of ether oxygens (including phenoxy) is 1. The lowest BCUT2D eigenvalue weighted by molar-refractivity contribution is 0.340. The molecule has 0 spiro atoms. The Bertz CT molecular complexity index is 649. The molecule has 0 saturated heterocycles. The topological polar surface area (TPSA) is 73.7 Å². The minimum atomic E-state index is -0.547. The van der Waals surface area contributed by atoms with Gasteiger partial charge in [-0.2, -0.15) is 5.26 Å². The van der Waals surface area contributed by atoms with Crippen molar-refractivity contribution in [1.29, 1.82) is 5.26 Å². The molecule has 21 heavy (non-hydrogen) atoms. The van der Waals surface area contributed by atoms with E-state index in [4.69, 9.17) is 4.74 Å². The smallest absolute Gasteiger partial charge is 0.166 e. The lowest BCUT2D eigenvalue weighted by Gasteiger charge is -2.21. The first-order chi connectivity index (χ1) is 10.1. The highest BCUT2D eigenvalue weighted by Crippen LogP contribution is 2.25. The molecule has 1 unspecified atom stereocenters. The zero-order chi connectivity index (χ0) is 15.3. The fourth-order valence-electron chi connectivity index (χ4n) is 2.02. The molecule has 112 valence electrons. The van der Waals surface area contributed by atoms with Crippen molar-refractivity contribution < 1.29 is 4.74 Å². The summed E-state index contributed by atoms with van der Waals surface area (Å²) in [5.41, 5.74) is 1.31. The van der Waals surface area contributed by atoms with Crippen molar-refractivity contribution in [1.82, 2.24) is 15.3 Å². The number of hydrogen-bond acceptors (Lipinski definition) is 5. The molecular weight excluding hydrogens is 284 g/mol. The summed E-state index contributed by atoms with van der Waals surface area (Å²) in [5.74, 6) is 1.47. The van der Waals surface area contributed by atoms with Crippen molar-refractivity contribution in [3.05, 3.63) is 18.2 Å². The molecule has 0 aliphatic carbocycles. The second-order valence-electron chi connectivity index (χ2n) is 4.92. The van der Waals surface area contributed by atoms with Crippen molar-refractivity contribution in [2.75, 3.05) is 18.9 Å². The van der Waals surface area contributed by atoms with Crippen LogP contribution in [-0.2, 0) is 0 Å². The van der Waals surface area contributed by atoms with Crippen LogP contribution in [0.2, 0.25) is 0 Å². The Labute approximate surface area is 129 Å². The lowest BCUT2D eigenvalue weighted by Crippen LogP contribution is -2.43. The Balaban J connectivity index is 2.11. The zero-order valence-electron chi connectivity index (χ0n) is 12.6. The molecule has 1 aromatic carbocycles. The van der Waals surface area contributed by atoms with E-state index in [2.05, 4.69) is 21.4 Å². The van der Waals surface area contributed by atoms with Gasteiger partial charge >= 0.3 is 0 Å². The fourth-order valence-corrected chi connectivity index (χ4v) is 2.95. The van der Waals surface area contributed by atoms with E-state index >= 15 is 0 Å². The third-order valence-corrected chi connectivity index (χ3v) is 4.24. The maximum atomic E-state index is 9.26. The van der Waals surface area contributed by atoms with Crippen LogP contribution in [0.15, 0.2) is 23.4 Å². The summed E-state index contributed by atoms with van der Waals surface area (Å²) in [6.07, 6.45) is 0. The van der Waals surface area contributed by atoms with Gasteiger partial charge in [0.25, 0.3) is 0 Å². The van der Waals surface area contributed by atoms with Crippen molar-refractivity contribution in [3.8, 4) is 11.8 Å². The summed E-state index contributed by atoms with van der Waals surface area (Å²) in [6.45, 7) is 7.27. The van der Waals surface area contributed by atoms with E-state index in [0.717, 1.165) is 28.5 Å². The van der Waals surface area contributed by atoms with Gasteiger partial charge in [0.05, 0.1) is 23.7 Å². The molecule has 0 aliphatic heterocycles. The number of aromatic nitrogens is 2. The molecule has 0 radical (unpaired) electrons. The molecule has 1 heterocycles. The summed E-state index contributed by atoms with van der Waals surface area (Å²) >= 11 is 1.54. The van der Waals surface area contributed by atoms with E-state index in [1.54, 1.807) is 11.8 Å². The van der Waals surface area contributed by atoms with Gasteiger partial charge in [-0.25, -0.2) is 4.98 Å². The summed E-state index contributed by atoms with van der Waals surface area (Å²) in [5, 5.41) is 13.3. The number of hydrogen-bond donors (Lipinski definition) is 2. The van der Waals surface area contributed by atoms with Crippen molar-refractivity contribution >= 4 is 22.8 Å². The molecule has 2 aromatic rings. The summed E-state index contributed by atoms with van der Waals surface area (Å²) < 4.78 is 5.48. The van der Waals surface area contributed by atoms with Gasteiger partial charge in [-0.1, -0.05) is 18.7 Å². The van der Waals surface area contributed by atoms with Crippen LogP contribution in [0.1, 0.15) is 20.8 Å². The van der Waals surface area contributed by atoms with E-state index in [1.807, 2.05) is 39.0 Å². The molecule has 2 N–H and O–H groups in total. The van der Waals surface area contributed by atoms with Crippen LogP contribution in [0.5, 0.6) is 5.75 Å². The Kier molecular flexibility index (Phi) is 5.10. The third kappa shape index (κ3) is 3.90. The molecule has 6 heteroatoms. The molecule has 0 amide bonds. The van der Waals surface area contributed by atoms with Gasteiger partial charge in [0.15, 0.2) is 5.16 Å². The Morgan fingerprint density at radius 1 is 1.48 bits per heavy atom. The summed E-state index contributed by atoms with van der Waals surface area (Å²) in [6, 6.07) is 8.12. The maximum absolute atomic E-state index is 9.26. The number of aromatic amines is 1. The minimum absolute atomic E-state index is 0.547. The molecule has 2 rings (SSSR count). The normalized spacial score (nSPS) is 13.8. The Morgan fingerprint density at radius 3 is 2.95 bits per heavy atom. The van der Waals surface area contributed by atoms with Crippen LogP contribution in [0.4, 0.5) is 0 Å². The SMILES string of the molecule is CCNC(C)(C#N)CSc1nc2ccc(OCC)cc2[nH]1. The average Bonchev–Trinajstić information content (AvgIpc) is 2.88. The number of thioether (sulfide) groups is 1. The first kappa shape index (κ1) is 15.7. The average molecular weight is 304 g/mol. The second-order valence-corrected chi connectivity index (χ2v) is 5.88. The highest BCUT2D eigenvalue weighted by molar-refractivity contribution is 7.99. The Morgan fingerprint density at radius 2 is 2.29 bits per heavy atom. The van der Waals surface area contributed by atoms with E-state index in [1.165, 1.54) is 0 Å². The number of nitrogens with zero attached hydrogens (tertiary/aromatic N) is 2. The highest BCUT2D eigenvalue weighted by Gasteiger charge is 2.23. The summed E-state index contributed by atoms with van der Waals surface area (Å²) in [7, 11) is 0. The van der Waals surface area contributed by atoms with Crippen molar-refractivity contribution in [2.24, 2.45) is 0 Å². The first-order valence-corrected chi connectivity index (χ1v) is 8.00. The van der Waals surface area contributed by atoms with Crippen LogP contribution in [0.3, 0.4) is 0 Å². The molecule has 1 aromatic heterocycles.